The molecule has 0 fully saturated rings. The maximum atomic E-state index is 9.34. The third-order valence-electron chi connectivity index (χ3n) is 3.07. The minimum atomic E-state index is -0.377. The van der Waals surface area contributed by atoms with Gasteiger partial charge >= 0.3 is 0 Å². The zero-order valence-electron chi connectivity index (χ0n) is 13.3. The van der Waals surface area contributed by atoms with Gasteiger partial charge in [-0.1, -0.05) is 20.8 Å². The molecule has 1 N–H and O–H groups in total. The summed E-state index contributed by atoms with van der Waals surface area (Å²) in [5.74, 6) is 2.12. The molecule has 0 saturated carbocycles. The Balaban J connectivity index is 3.16. The van der Waals surface area contributed by atoms with E-state index >= 15 is 0 Å². The highest BCUT2D eigenvalue weighted by molar-refractivity contribution is 5.54. The Hall–Kier alpha value is -1.42. The maximum absolute atomic E-state index is 9.34. The Labute approximate surface area is 121 Å². The predicted octanol–water partition coefficient (Wildman–Crippen LogP) is 3.15. The highest BCUT2D eigenvalue weighted by Crippen LogP contribution is 2.41. The first kappa shape index (κ1) is 16.6. The molecule has 1 aromatic rings. The van der Waals surface area contributed by atoms with Gasteiger partial charge in [-0.15, -0.1) is 0 Å². The molecule has 0 aliphatic heterocycles. The smallest absolute Gasteiger partial charge is 0.165 e. The van der Waals surface area contributed by atoms with Crippen LogP contribution in [0.25, 0.3) is 0 Å². The van der Waals surface area contributed by atoms with E-state index in [9.17, 15) is 5.11 Å². The molecular weight excluding hydrogens is 256 g/mol. The largest absolute Gasteiger partial charge is 0.497 e. The van der Waals surface area contributed by atoms with Gasteiger partial charge in [0.1, 0.15) is 5.75 Å². The van der Waals surface area contributed by atoms with Crippen molar-refractivity contribution in [2.24, 2.45) is 0 Å². The molecule has 1 unspecified atom stereocenters. The number of aliphatic hydroxyl groups excluding tert-OH is 1. The van der Waals surface area contributed by atoms with Crippen molar-refractivity contribution in [2.45, 2.75) is 45.6 Å². The second kappa shape index (κ2) is 6.84. The SMILES string of the molecule is COc1cc(OC)c(OCCC(C)O)c(C(C)(C)C)c1. The molecule has 0 bridgehead atoms. The summed E-state index contributed by atoms with van der Waals surface area (Å²) < 4.78 is 16.6. The van der Waals surface area contributed by atoms with Gasteiger partial charge in [0.05, 0.1) is 26.9 Å². The molecule has 0 radical (unpaired) electrons. The zero-order chi connectivity index (χ0) is 15.3. The summed E-state index contributed by atoms with van der Waals surface area (Å²) in [7, 11) is 3.25. The number of methoxy groups -OCH3 is 2. The Kier molecular flexibility index (Phi) is 5.69. The van der Waals surface area contributed by atoms with Gasteiger partial charge in [0.2, 0.25) is 0 Å². The van der Waals surface area contributed by atoms with E-state index in [1.54, 1.807) is 21.1 Å². The number of rotatable bonds is 6. The first-order valence-corrected chi connectivity index (χ1v) is 6.87. The number of benzene rings is 1. The summed E-state index contributed by atoms with van der Waals surface area (Å²) in [5.41, 5.74) is 0.932. The van der Waals surface area contributed by atoms with Gasteiger partial charge in [0.15, 0.2) is 11.5 Å². The van der Waals surface area contributed by atoms with Gasteiger partial charge in [-0.3, -0.25) is 0 Å². The molecule has 0 amide bonds. The maximum Gasteiger partial charge on any atom is 0.165 e. The predicted molar refractivity (Wildman–Crippen MR) is 80.0 cm³/mol. The Morgan fingerprint density at radius 3 is 2.25 bits per heavy atom. The molecule has 1 rings (SSSR count). The van der Waals surface area contributed by atoms with Crippen molar-refractivity contribution < 1.29 is 19.3 Å². The van der Waals surface area contributed by atoms with Crippen molar-refractivity contribution in [1.82, 2.24) is 0 Å². The van der Waals surface area contributed by atoms with E-state index in [1.807, 2.05) is 12.1 Å². The van der Waals surface area contributed by atoms with Crippen molar-refractivity contribution in [3.8, 4) is 17.2 Å². The van der Waals surface area contributed by atoms with E-state index in [4.69, 9.17) is 14.2 Å². The quantitative estimate of drug-likeness (QED) is 0.870. The molecule has 0 spiro atoms. The van der Waals surface area contributed by atoms with Crippen LogP contribution in [-0.4, -0.2) is 32.0 Å². The normalized spacial score (nSPS) is 12.9. The highest BCUT2D eigenvalue weighted by Gasteiger charge is 2.24. The molecular formula is C16H26O4. The molecule has 20 heavy (non-hydrogen) atoms. The number of hydrogen-bond acceptors (Lipinski definition) is 4. The van der Waals surface area contributed by atoms with E-state index in [1.165, 1.54) is 0 Å². The fourth-order valence-electron chi connectivity index (χ4n) is 1.88. The molecule has 1 atom stereocenters. The van der Waals surface area contributed by atoms with Crippen LogP contribution in [0.1, 0.15) is 39.7 Å². The first-order valence-electron chi connectivity index (χ1n) is 6.87. The molecule has 4 nitrogen and oxygen atoms in total. The summed E-state index contributed by atoms with van der Waals surface area (Å²) in [4.78, 5) is 0. The molecule has 0 aromatic heterocycles. The van der Waals surface area contributed by atoms with Crippen LogP contribution in [0.4, 0.5) is 0 Å². The van der Waals surface area contributed by atoms with E-state index in [0.717, 1.165) is 17.1 Å². The lowest BCUT2D eigenvalue weighted by atomic mass is 9.86. The number of aliphatic hydroxyl groups is 1. The van der Waals surface area contributed by atoms with Gasteiger partial charge in [-0.2, -0.15) is 0 Å². The van der Waals surface area contributed by atoms with Crippen LogP contribution in [-0.2, 0) is 5.41 Å². The van der Waals surface area contributed by atoms with Crippen molar-refractivity contribution in [3.05, 3.63) is 17.7 Å². The molecule has 0 heterocycles. The van der Waals surface area contributed by atoms with E-state index < -0.39 is 0 Å². The summed E-state index contributed by atoms with van der Waals surface area (Å²) in [5, 5.41) is 9.34. The van der Waals surface area contributed by atoms with Crippen LogP contribution in [0, 0.1) is 0 Å². The number of ether oxygens (including phenoxy) is 3. The van der Waals surface area contributed by atoms with Crippen LogP contribution in [0.2, 0.25) is 0 Å². The van der Waals surface area contributed by atoms with Gasteiger partial charge in [0.25, 0.3) is 0 Å². The van der Waals surface area contributed by atoms with E-state index in [-0.39, 0.29) is 11.5 Å². The fraction of sp³-hybridized carbons (Fsp3) is 0.625. The molecule has 0 aliphatic carbocycles. The Morgan fingerprint density at radius 1 is 1.15 bits per heavy atom. The second-order valence-electron chi connectivity index (χ2n) is 5.94. The standard InChI is InChI=1S/C16H26O4/c1-11(17)7-8-20-15-13(16(2,3)4)9-12(18-5)10-14(15)19-6/h9-11,17H,7-8H2,1-6H3. The average molecular weight is 282 g/mol. The van der Waals surface area contributed by atoms with Crippen LogP contribution >= 0.6 is 0 Å². The molecule has 4 heteroatoms. The zero-order valence-corrected chi connectivity index (χ0v) is 13.3. The molecule has 114 valence electrons. The topological polar surface area (TPSA) is 47.9 Å². The van der Waals surface area contributed by atoms with Crippen molar-refractivity contribution in [2.75, 3.05) is 20.8 Å². The fourth-order valence-corrected chi connectivity index (χ4v) is 1.88. The summed E-state index contributed by atoms with van der Waals surface area (Å²) in [6, 6.07) is 3.78. The van der Waals surface area contributed by atoms with E-state index in [0.29, 0.717) is 18.8 Å². The summed E-state index contributed by atoms with van der Waals surface area (Å²) in [6.07, 6.45) is 0.205. The second-order valence-corrected chi connectivity index (χ2v) is 5.94. The molecule has 0 saturated heterocycles. The molecule has 0 aliphatic rings. The van der Waals surface area contributed by atoms with Crippen LogP contribution in [0.5, 0.6) is 17.2 Å². The average Bonchev–Trinajstić information content (AvgIpc) is 2.36. The molecule has 1 aromatic carbocycles. The third-order valence-corrected chi connectivity index (χ3v) is 3.07. The van der Waals surface area contributed by atoms with Crippen molar-refractivity contribution in [3.63, 3.8) is 0 Å². The van der Waals surface area contributed by atoms with Gasteiger partial charge in [-0.25, -0.2) is 0 Å². The third kappa shape index (κ3) is 4.30. The van der Waals surface area contributed by atoms with Crippen molar-refractivity contribution in [1.29, 1.82) is 0 Å². The van der Waals surface area contributed by atoms with Crippen molar-refractivity contribution >= 4 is 0 Å². The van der Waals surface area contributed by atoms with Gasteiger partial charge in [-0.05, 0) is 18.4 Å². The van der Waals surface area contributed by atoms with Crippen LogP contribution < -0.4 is 14.2 Å². The van der Waals surface area contributed by atoms with Crippen LogP contribution in [0.15, 0.2) is 12.1 Å². The number of hydrogen-bond donors (Lipinski definition) is 1. The van der Waals surface area contributed by atoms with Gasteiger partial charge < -0.3 is 19.3 Å². The minimum absolute atomic E-state index is 0.0953. The lowest BCUT2D eigenvalue weighted by Crippen LogP contribution is -2.16. The summed E-state index contributed by atoms with van der Waals surface area (Å²) in [6.45, 7) is 8.54. The highest BCUT2D eigenvalue weighted by atomic mass is 16.5. The Morgan fingerprint density at radius 2 is 1.80 bits per heavy atom. The first-order chi connectivity index (χ1) is 9.29. The summed E-state index contributed by atoms with van der Waals surface area (Å²) >= 11 is 0. The lowest BCUT2D eigenvalue weighted by molar-refractivity contribution is 0.153. The minimum Gasteiger partial charge on any atom is -0.497 e. The van der Waals surface area contributed by atoms with Gasteiger partial charge in [0, 0.05) is 18.1 Å². The van der Waals surface area contributed by atoms with Crippen LogP contribution in [0.3, 0.4) is 0 Å². The Bertz CT molecular complexity index is 433. The monoisotopic (exact) mass is 282 g/mol. The lowest BCUT2D eigenvalue weighted by Gasteiger charge is -2.25. The van der Waals surface area contributed by atoms with E-state index in [2.05, 4.69) is 20.8 Å².